The van der Waals surface area contributed by atoms with Gasteiger partial charge in [0.1, 0.15) is 0 Å². The highest BCUT2D eigenvalue weighted by Gasteiger charge is 2.29. The molecule has 4 N–H and O–H groups in total. The number of anilines is 1. The maximum absolute atomic E-state index is 12.4. The van der Waals surface area contributed by atoms with Crippen molar-refractivity contribution in [3.63, 3.8) is 0 Å². The van der Waals surface area contributed by atoms with Gasteiger partial charge in [0, 0.05) is 31.7 Å². The van der Waals surface area contributed by atoms with E-state index >= 15 is 0 Å². The van der Waals surface area contributed by atoms with E-state index in [-0.39, 0.29) is 6.04 Å². The standard InChI is InChI=1S/C16H21N5O2.C2H3N/c17-8-10-5-6-19(9-10)12-3-4-13-14(7-12)20(11-1-2-11)16(23)21(18)15(13)22;1-2-3/h3-4,7,10-11H,1-2,5-6,8-9,17-18H2;1H3. The third kappa shape index (κ3) is 3.18. The molecule has 1 aromatic carbocycles. The highest BCUT2D eigenvalue weighted by atomic mass is 16.2. The van der Waals surface area contributed by atoms with Gasteiger partial charge in [-0.2, -0.15) is 9.94 Å². The summed E-state index contributed by atoms with van der Waals surface area (Å²) in [5, 5.41) is 7.82. The Hall–Kier alpha value is -2.79. The van der Waals surface area contributed by atoms with Crippen LogP contribution in [0.25, 0.3) is 10.9 Å². The fraction of sp³-hybridized carbons (Fsp3) is 0.500. The fourth-order valence-corrected chi connectivity index (χ4v) is 3.48. The summed E-state index contributed by atoms with van der Waals surface area (Å²) < 4.78 is 2.40. The number of aromatic nitrogens is 2. The lowest BCUT2D eigenvalue weighted by Crippen LogP contribution is -2.44. The molecular formula is C18H24N6O2. The minimum Gasteiger partial charge on any atom is -0.371 e. The number of nitrogens with two attached hydrogens (primary N) is 2. The van der Waals surface area contributed by atoms with E-state index in [4.69, 9.17) is 16.8 Å². The van der Waals surface area contributed by atoms with E-state index in [1.54, 1.807) is 16.7 Å². The second kappa shape index (κ2) is 7.22. The first-order valence-electron chi connectivity index (χ1n) is 8.84. The van der Waals surface area contributed by atoms with E-state index < -0.39 is 11.2 Å². The zero-order valence-corrected chi connectivity index (χ0v) is 14.9. The molecule has 1 saturated heterocycles. The molecule has 1 unspecified atom stereocenters. The summed E-state index contributed by atoms with van der Waals surface area (Å²) in [4.78, 5) is 26.9. The summed E-state index contributed by atoms with van der Waals surface area (Å²) in [6.07, 6.45) is 2.99. The third-order valence-corrected chi connectivity index (χ3v) is 5.00. The van der Waals surface area contributed by atoms with Crippen LogP contribution in [0.4, 0.5) is 5.69 Å². The molecule has 2 aliphatic rings. The Kier molecular flexibility index (Phi) is 5.00. The van der Waals surface area contributed by atoms with Crippen molar-refractivity contribution in [3.8, 4) is 6.07 Å². The van der Waals surface area contributed by atoms with Gasteiger partial charge >= 0.3 is 5.69 Å². The summed E-state index contributed by atoms with van der Waals surface area (Å²) in [6, 6.07) is 7.58. The van der Waals surface area contributed by atoms with Gasteiger partial charge in [-0.3, -0.25) is 9.36 Å². The van der Waals surface area contributed by atoms with E-state index in [2.05, 4.69) is 4.90 Å². The molecule has 1 atom stereocenters. The van der Waals surface area contributed by atoms with E-state index in [1.807, 2.05) is 12.1 Å². The Morgan fingerprint density at radius 2 is 1.96 bits per heavy atom. The summed E-state index contributed by atoms with van der Waals surface area (Å²) in [7, 11) is 0. The number of fused-ring (bicyclic) bond motifs is 1. The molecule has 2 heterocycles. The lowest BCUT2D eigenvalue weighted by molar-refractivity contribution is 0.602. The quantitative estimate of drug-likeness (QED) is 0.773. The second-order valence-corrected chi connectivity index (χ2v) is 6.82. The van der Waals surface area contributed by atoms with Gasteiger partial charge in [0.25, 0.3) is 5.56 Å². The van der Waals surface area contributed by atoms with E-state index in [0.717, 1.165) is 42.7 Å². The van der Waals surface area contributed by atoms with Gasteiger partial charge < -0.3 is 16.5 Å². The monoisotopic (exact) mass is 356 g/mol. The predicted octanol–water partition coefficient (Wildman–Crippen LogP) is 0.527. The van der Waals surface area contributed by atoms with Gasteiger partial charge in [0.05, 0.1) is 17.0 Å². The minimum absolute atomic E-state index is 0.158. The van der Waals surface area contributed by atoms with Crippen molar-refractivity contribution in [2.24, 2.45) is 11.7 Å². The first-order valence-corrected chi connectivity index (χ1v) is 8.84. The molecule has 1 aliphatic carbocycles. The maximum Gasteiger partial charge on any atom is 0.350 e. The summed E-state index contributed by atoms with van der Waals surface area (Å²) in [5.74, 6) is 6.17. The Morgan fingerprint density at radius 3 is 2.54 bits per heavy atom. The van der Waals surface area contributed by atoms with Crippen LogP contribution in [0.5, 0.6) is 0 Å². The molecule has 26 heavy (non-hydrogen) atoms. The average Bonchev–Trinajstić information content (AvgIpc) is 3.35. The molecule has 0 radical (unpaired) electrons. The molecule has 1 aliphatic heterocycles. The van der Waals surface area contributed by atoms with Crippen LogP contribution in [-0.2, 0) is 0 Å². The van der Waals surface area contributed by atoms with Crippen molar-refractivity contribution in [2.45, 2.75) is 32.2 Å². The van der Waals surface area contributed by atoms with E-state index in [0.29, 0.717) is 23.4 Å². The van der Waals surface area contributed by atoms with Crippen LogP contribution >= 0.6 is 0 Å². The number of rotatable bonds is 3. The number of nitrogen functional groups attached to an aromatic ring is 1. The van der Waals surface area contributed by atoms with Gasteiger partial charge in [-0.1, -0.05) is 0 Å². The lowest BCUT2D eigenvalue weighted by Gasteiger charge is -2.20. The first-order chi connectivity index (χ1) is 12.5. The Labute approximate surface area is 151 Å². The molecule has 2 fully saturated rings. The van der Waals surface area contributed by atoms with Crippen LogP contribution in [-0.4, -0.2) is 28.9 Å². The molecule has 138 valence electrons. The van der Waals surface area contributed by atoms with Crippen molar-refractivity contribution in [1.82, 2.24) is 9.24 Å². The molecule has 2 aromatic rings. The topological polar surface area (TPSA) is 123 Å². The SMILES string of the molecule is CC#N.NCC1CCN(c2ccc3c(=O)n(N)c(=O)n(C4CC4)c3c2)C1. The Balaban J connectivity index is 0.000000613. The van der Waals surface area contributed by atoms with Gasteiger partial charge in [-0.25, -0.2) is 4.79 Å². The van der Waals surface area contributed by atoms with Gasteiger partial charge in [0.2, 0.25) is 0 Å². The largest absolute Gasteiger partial charge is 0.371 e. The van der Waals surface area contributed by atoms with Crippen molar-refractivity contribution >= 4 is 16.6 Å². The predicted molar refractivity (Wildman–Crippen MR) is 102 cm³/mol. The van der Waals surface area contributed by atoms with Crippen molar-refractivity contribution < 1.29 is 0 Å². The van der Waals surface area contributed by atoms with Crippen LogP contribution in [0.1, 0.15) is 32.2 Å². The fourth-order valence-electron chi connectivity index (χ4n) is 3.48. The third-order valence-electron chi connectivity index (χ3n) is 5.00. The number of nitrogens with zero attached hydrogens (tertiary/aromatic N) is 4. The molecule has 0 bridgehead atoms. The van der Waals surface area contributed by atoms with Gasteiger partial charge in [0.15, 0.2) is 0 Å². The molecule has 8 heteroatoms. The number of hydrogen-bond acceptors (Lipinski definition) is 6. The summed E-state index contributed by atoms with van der Waals surface area (Å²) in [6.45, 7) is 3.99. The Morgan fingerprint density at radius 1 is 1.27 bits per heavy atom. The molecule has 1 saturated carbocycles. The highest BCUT2D eigenvalue weighted by molar-refractivity contribution is 5.82. The van der Waals surface area contributed by atoms with Crippen LogP contribution in [0, 0.1) is 17.2 Å². The van der Waals surface area contributed by atoms with E-state index in [1.165, 1.54) is 6.92 Å². The van der Waals surface area contributed by atoms with E-state index in [9.17, 15) is 9.59 Å². The van der Waals surface area contributed by atoms with Crippen LogP contribution in [0.3, 0.4) is 0 Å². The number of hydrogen-bond donors (Lipinski definition) is 2. The smallest absolute Gasteiger partial charge is 0.350 e. The van der Waals surface area contributed by atoms with Crippen molar-refractivity contribution in [1.29, 1.82) is 5.26 Å². The Bertz CT molecular complexity index is 967. The molecule has 0 amide bonds. The molecule has 4 rings (SSSR count). The first kappa shape index (κ1) is 18.0. The molecular weight excluding hydrogens is 332 g/mol. The minimum atomic E-state index is -0.435. The van der Waals surface area contributed by atoms with Crippen LogP contribution in [0.2, 0.25) is 0 Å². The van der Waals surface area contributed by atoms with Gasteiger partial charge in [-0.05, 0) is 49.9 Å². The molecule has 8 nitrogen and oxygen atoms in total. The average molecular weight is 356 g/mol. The second-order valence-electron chi connectivity index (χ2n) is 6.82. The zero-order chi connectivity index (χ0) is 18.8. The van der Waals surface area contributed by atoms with Gasteiger partial charge in [-0.15, -0.1) is 0 Å². The number of benzene rings is 1. The van der Waals surface area contributed by atoms with Crippen molar-refractivity contribution in [3.05, 3.63) is 39.0 Å². The van der Waals surface area contributed by atoms with Crippen LogP contribution < -0.4 is 27.7 Å². The summed E-state index contributed by atoms with van der Waals surface area (Å²) in [5.41, 5.74) is 6.63. The van der Waals surface area contributed by atoms with Crippen LogP contribution in [0.15, 0.2) is 27.8 Å². The molecule has 0 spiro atoms. The molecule has 1 aromatic heterocycles. The highest BCUT2D eigenvalue weighted by Crippen LogP contribution is 2.36. The van der Waals surface area contributed by atoms with Crippen molar-refractivity contribution in [2.75, 3.05) is 30.4 Å². The maximum atomic E-state index is 12.4. The normalized spacial score (nSPS) is 19.1. The lowest BCUT2D eigenvalue weighted by atomic mass is 10.1. The number of nitriles is 1. The summed E-state index contributed by atoms with van der Waals surface area (Å²) >= 11 is 0. The zero-order valence-electron chi connectivity index (χ0n) is 14.9.